The molecule has 0 aromatic heterocycles. The van der Waals surface area contributed by atoms with Gasteiger partial charge in [0.25, 0.3) is 0 Å². The molecule has 1 N–H and O–H groups in total. The second-order valence-corrected chi connectivity index (χ2v) is 12.4. The minimum atomic E-state index is -0.718. The van der Waals surface area contributed by atoms with Crippen molar-refractivity contribution in [1.29, 1.82) is 0 Å². The smallest absolute Gasteiger partial charge is 0.412 e. The van der Waals surface area contributed by atoms with Crippen molar-refractivity contribution in [1.82, 2.24) is 5.32 Å². The molecule has 0 radical (unpaired) electrons. The largest absolute Gasteiger partial charge is 0.497 e. The Balaban J connectivity index is 1.87. The average molecular weight is 632 g/mol. The van der Waals surface area contributed by atoms with E-state index < -0.39 is 17.7 Å². The molecule has 1 amide bonds. The fourth-order valence-corrected chi connectivity index (χ4v) is 5.03. The normalized spacial score (nSPS) is 13.8. The van der Waals surface area contributed by atoms with Crippen LogP contribution in [0.1, 0.15) is 62.8 Å². The first-order chi connectivity index (χ1) is 22.0. The van der Waals surface area contributed by atoms with Crippen molar-refractivity contribution in [2.75, 3.05) is 14.2 Å². The summed E-state index contributed by atoms with van der Waals surface area (Å²) >= 11 is 0. The summed E-state index contributed by atoms with van der Waals surface area (Å²) in [5.74, 6) is 0.155. The molecule has 3 aromatic rings. The van der Waals surface area contributed by atoms with E-state index in [1.165, 1.54) is 18.2 Å². The van der Waals surface area contributed by atoms with E-state index in [4.69, 9.17) is 23.7 Å². The number of amides is 1. The lowest BCUT2D eigenvalue weighted by Crippen LogP contribution is -2.37. The highest BCUT2D eigenvalue weighted by Crippen LogP contribution is 2.27. The number of carbonyl (C=O) groups excluding carboxylic acids is 2. The molecule has 0 aliphatic carbocycles. The molecule has 0 fully saturated rings. The molecule has 0 bridgehead atoms. The molecule has 3 rings (SSSR count). The number of aryl methyl sites for hydroxylation is 1. The van der Waals surface area contributed by atoms with Crippen LogP contribution < -0.4 is 10.1 Å². The Labute approximate surface area is 274 Å². The molecule has 0 aliphatic rings. The van der Waals surface area contributed by atoms with Crippen LogP contribution in [0.5, 0.6) is 5.75 Å². The van der Waals surface area contributed by atoms with Gasteiger partial charge in [-0.1, -0.05) is 78.4 Å². The predicted molar refractivity (Wildman–Crippen MR) is 179 cm³/mol. The van der Waals surface area contributed by atoms with E-state index >= 15 is 0 Å². The van der Waals surface area contributed by atoms with E-state index in [0.29, 0.717) is 26.1 Å². The predicted octanol–water partition coefficient (Wildman–Crippen LogP) is 7.71. The number of nitrogens with one attached hydrogen (secondary N) is 1. The summed E-state index contributed by atoms with van der Waals surface area (Å²) in [6.45, 7) is 10.2. The topological polar surface area (TPSA) is 92.3 Å². The number of hydrogen-bond acceptors (Lipinski definition) is 7. The van der Waals surface area contributed by atoms with Crippen LogP contribution in [0.15, 0.2) is 90.6 Å². The van der Waals surface area contributed by atoms with Crippen molar-refractivity contribution < 1.29 is 33.3 Å². The zero-order valence-electron chi connectivity index (χ0n) is 28.2. The number of carbonyl (C=O) groups is 2. The SMILES string of the molecule is COC(=O)C(=CCCC(Cc1ccc(C)cc1)C(OCc1ccccc1)C(C)OCc1ccc(OC)cc1)NC(=O)OC(C)(C)C. The summed E-state index contributed by atoms with van der Waals surface area (Å²) in [4.78, 5) is 25.0. The fourth-order valence-electron chi connectivity index (χ4n) is 5.03. The Morgan fingerprint density at radius 1 is 0.826 bits per heavy atom. The van der Waals surface area contributed by atoms with Gasteiger partial charge in [-0.05, 0) is 88.6 Å². The second-order valence-electron chi connectivity index (χ2n) is 12.4. The van der Waals surface area contributed by atoms with Gasteiger partial charge in [0.1, 0.15) is 17.0 Å². The zero-order chi connectivity index (χ0) is 33.5. The van der Waals surface area contributed by atoms with Crippen LogP contribution in [0.2, 0.25) is 0 Å². The first-order valence-corrected chi connectivity index (χ1v) is 15.7. The van der Waals surface area contributed by atoms with Gasteiger partial charge >= 0.3 is 12.1 Å². The van der Waals surface area contributed by atoms with Gasteiger partial charge in [-0.3, -0.25) is 5.32 Å². The highest BCUT2D eigenvalue weighted by Gasteiger charge is 2.29. The van der Waals surface area contributed by atoms with E-state index in [0.717, 1.165) is 23.3 Å². The van der Waals surface area contributed by atoms with Crippen LogP contribution in [0.25, 0.3) is 0 Å². The van der Waals surface area contributed by atoms with Crippen molar-refractivity contribution in [3.63, 3.8) is 0 Å². The summed E-state index contributed by atoms with van der Waals surface area (Å²) in [6.07, 6.45) is 2.29. The molecule has 0 spiro atoms. The molecular weight excluding hydrogens is 582 g/mol. The molecule has 3 unspecified atom stereocenters. The molecule has 3 aromatic carbocycles. The van der Waals surface area contributed by atoms with Gasteiger partial charge in [0.15, 0.2) is 0 Å². The second kappa shape index (κ2) is 18.1. The van der Waals surface area contributed by atoms with Crippen LogP contribution in [0, 0.1) is 12.8 Å². The van der Waals surface area contributed by atoms with E-state index in [1.807, 2.05) is 61.5 Å². The fraction of sp³-hybridized carbons (Fsp3) is 0.421. The third-order valence-corrected chi connectivity index (χ3v) is 7.43. The van der Waals surface area contributed by atoms with Crippen molar-refractivity contribution >= 4 is 12.1 Å². The molecule has 0 saturated heterocycles. The number of rotatable bonds is 16. The Hall–Kier alpha value is -4.14. The third kappa shape index (κ3) is 12.7. The van der Waals surface area contributed by atoms with Gasteiger partial charge < -0.3 is 23.7 Å². The number of allylic oxidation sites excluding steroid dienone is 1. The van der Waals surface area contributed by atoms with Crippen LogP contribution in [0.4, 0.5) is 4.79 Å². The number of ether oxygens (including phenoxy) is 5. The minimum Gasteiger partial charge on any atom is -0.497 e. The van der Waals surface area contributed by atoms with E-state index in [-0.39, 0.29) is 23.8 Å². The van der Waals surface area contributed by atoms with E-state index in [2.05, 4.69) is 36.5 Å². The Bertz CT molecular complexity index is 1380. The molecule has 248 valence electrons. The molecule has 0 saturated carbocycles. The monoisotopic (exact) mass is 631 g/mol. The molecule has 3 atom stereocenters. The minimum absolute atomic E-state index is 0.00830. The summed E-state index contributed by atoms with van der Waals surface area (Å²) in [6, 6.07) is 26.4. The molecule has 46 heavy (non-hydrogen) atoms. The van der Waals surface area contributed by atoms with Crippen LogP contribution in [0.3, 0.4) is 0 Å². The first kappa shape index (κ1) is 36.3. The number of methoxy groups -OCH3 is 2. The lowest BCUT2D eigenvalue weighted by molar-refractivity contribution is -0.136. The Kier molecular flexibility index (Phi) is 14.3. The van der Waals surface area contributed by atoms with Gasteiger partial charge in [-0.25, -0.2) is 9.59 Å². The number of esters is 1. The van der Waals surface area contributed by atoms with Gasteiger partial charge in [0, 0.05) is 0 Å². The van der Waals surface area contributed by atoms with Crippen molar-refractivity contribution in [2.24, 2.45) is 5.92 Å². The maximum absolute atomic E-state index is 12.6. The molecule has 0 aliphatic heterocycles. The Morgan fingerprint density at radius 2 is 1.43 bits per heavy atom. The average Bonchev–Trinajstić information content (AvgIpc) is 3.03. The highest BCUT2D eigenvalue weighted by molar-refractivity contribution is 5.92. The standard InChI is InChI=1S/C38H49NO7/c1-27-16-18-29(19-17-27)24-32(14-11-15-34(36(40)43-7)39-37(41)46-38(3,4)5)35(45-26-30-12-9-8-10-13-30)28(2)44-25-31-20-22-33(42-6)23-21-31/h8-10,12-13,15-23,28,32,35H,11,14,24-26H2,1-7H3,(H,39,41). The Morgan fingerprint density at radius 3 is 2.04 bits per heavy atom. The number of benzene rings is 3. The molecule has 0 heterocycles. The zero-order valence-corrected chi connectivity index (χ0v) is 28.2. The van der Waals surface area contributed by atoms with Gasteiger partial charge in [0.05, 0.1) is 39.6 Å². The van der Waals surface area contributed by atoms with Crippen molar-refractivity contribution in [2.45, 2.75) is 84.9 Å². The summed E-state index contributed by atoms with van der Waals surface area (Å²) in [5.41, 5.74) is 3.79. The summed E-state index contributed by atoms with van der Waals surface area (Å²) in [7, 11) is 2.93. The first-order valence-electron chi connectivity index (χ1n) is 15.7. The molecule has 8 heteroatoms. The molecule has 8 nitrogen and oxygen atoms in total. The van der Waals surface area contributed by atoms with E-state index in [1.54, 1.807) is 34.0 Å². The maximum Gasteiger partial charge on any atom is 0.412 e. The number of hydrogen-bond donors (Lipinski definition) is 1. The number of alkyl carbamates (subject to hydrolysis) is 1. The quantitative estimate of drug-likeness (QED) is 0.128. The van der Waals surface area contributed by atoms with Crippen LogP contribution >= 0.6 is 0 Å². The van der Waals surface area contributed by atoms with Crippen molar-refractivity contribution in [3.8, 4) is 5.75 Å². The highest BCUT2D eigenvalue weighted by atomic mass is 16.6. The summed E-state index contributed by atoms with van der Waals surface area (Å²) in [5, 5.41) is 2.56. The lowest BCUT2D eigenvalue weighted by atomic mass is 9.87. The van der Waals surface area contributed by atoms with Gasteiger partial charge in [-0.2, -0.15) is 0 Å². The molecular formula is C38H49NO7. The van der Waals surface area contributed by atoms with E-state index in [9.17, 15) is 9.59 Å². The third-order valence-electron chi connectivity index (χ3n) is 7.43. The lowest BCUT2D eigenvalue weighted by Gasteiger charge is -2.32. The van der Waals surface area contributed by atoms with Gasteiger partial charge in [0.2, 0.25) is 0 Å². The van der Waals surface area contributed by atoms with Crippen LogP contribution in [-0.2, 0) is 43.4 Å². The van der Waals surface area contributed by atoms with Gasteiger partial charge in [-0.15, -0.1) is 0 Å². The van der Waals surface area contributed by atoms with Crippen molar-refractivity contribution in [3.05, 3.63) is 113 Å². The summed E-state index contributed by atoms with van der Waals surface area (Å²) < 4.78 is 28.7. The van der Waals surface area contributed by atoms with Crippen LogP contribution in [-0.4, -0.2) is 44.1 Å². The maximum atomic E-state index is 12.6.